The fraction of sp³-hybridized carbons (Fsp3) is 0.389. The molecule has 0 unspecified atom stereocenters. The molecule has 0 amide bonds. The first-order valence-corrected chi connectivity index (χ1v) is 44.8. The highest BCUT2D eigenvalue weighted by molar-refractivity contribution is 6.89. The van der Waals surface area contributed by atoms with E-state index in [1.165, 1.54) is 32.6 Å². The van der Waals surface area contributed by atoms with Crippen LogP contribution in [0.4, 0.5) is 0 Å². The highest BCUT2D eigenvalue weighted by Crippen LogP contribution is 2.30. The van der Waals surface area contributed by atoms with E-state index in [9.17, 15) is 0 Å². The summed E-state index contributed by atoms with van der Waals surface area (Å²) in [6.07, 6.45) is 7.50. The number of hydrogen-bond donors (Lipinski definition) is 0. The van der Waals surface area contributed by atoms with Crippen molar-refractivity contribution in [3.05, 3.63) is 249 Å². The minimum atomic E-state index is -2.19. The Hall–Kier alpha value is -7.50. The van der Waals surface area contributed by atoms with Crippen molar-refractivity contribution in [2.24, 2.45) is 46.1 Å². The Kier molecular flexibility index (Phi) is 19.4. The fourth-order valence-electron chi connectivity index (χ4n) is 11.9. The first-order valence-electron chi connectivity index (χ1n) is 42.3. The molecule has 5 nitrogen and oxygen atoms in total. The zero-order valence-electron chi connectivity index (χ0n) is 80.5. The number of pyridine rings is 5. The summed E-state index contributed by atoms with van der Waals surface area (Å²) in [4.78, 5) is 0. The van der Waals surface area contributed by atoms with Crippen LogP contribution in [0.15, 0.2) is 177 Å². The van der Waals surface area contributed by atoms with E-state index < -0.39 is 75.2 Å². The van der Waals surface area contributed by atoms with E-state index >= 15 is 0 Å². The van der Waals surface area contributed by atoms with Crippen molar-refractivity contribution in [1.82, 2.24) is 0 Å². The summed E-state index contributed by atoms with van der Waals surface area (Å²) < 4.78 is 137. The standard InChI is InChI=1S/C21H32NSi.C19H26N.C18H26NSi.C17H24NSi.C15H18N/c1-16-11-9-10-12-18(16)19-13-17(14-21(2,3)4)20(15-22(19)5)23(6,7)8;1-14-9-7-8-10-17(14)18-11-15(2)16(13-20(18)6)12-19(3,4)5;1-13-8-9-16(14(2)10-13)17-11-15(3)18(12-19(17)4)20(5,6)7;1-13-7-9-16(14(2)11-13)17-10-8-15(12-18(17)3)19(4,5)6;1-11-5-6-14(13(3)9-11)15-10-12(2)7-8-16(15)4/h9-13,15H,14H2,1-8H3;7-11,13H,12H2,1-6H3;8-12H,1-7H3;7-12H,1-6H3;5-10H,1-4H3/q5*+1/i14D2;12D2;1D3,3D3;2*1D3. The number of rotatable bonds is 10. The maximum Gasteiger partial charge on any atom is 0.212 e. The third-order valence-electron chi connectivity index (χ3n) is 17.3. The van der Waals surface area contributed by atoms with Gasteiger partial charge in [0.2, 0.25) is 28.5 Å². The van der Waals surface area contributed by atoms with Gasteiger partial charge in [-0.05, 0) is 180 Å². The number of benzene rings is 5. The van der Waals surface area contributed by atoms with E-state index in [4.69, 9.17) is 21.9 Å². The molecule has 0 atom stereocenters. The molecule has 98 heavy (non-hydrogen) atoms. The van der Waals surface area contributed by atoms with E-state index in [1.807, 2.05) is 159 Å². The molecule has 0 saturated heterocycles. The number of aromatic nitrogens is 5. The Labute approximate surface area is 622 Å². The van der Waals surface area contributed by atoms with Crippen LogP contribution in [0.3, 0.4) is 0 Å². The van der Waals surface area contributed by atoms with Gasteiger partial charge in [0.25, 0.3) is 0 Å². The second kappa shape index (κ2) is 32.7. The van der Waals surface area contributed by atoms with E-state index in [0.717, 1.165) is 89.3 Å². The van der Waals surface area contributed by atoms with Gasteiger partial charge in [-0.2, -0.15) is 0 Å². The highest BCUT2D eigenvalue weighted by Gasteiger charge is 2.30. The first-order chi connectivity index (χ1) is 51.7. The van der Waals surface area contributed by atoms with Crippen molar-refractivity contribution in [2.75, 3.05) is 0 Å². The molecular formula is C90H126N5Si3+5. The van der Waals surface area contributed by atoms with E-state index in [2.05, 4.69) is 176 Å². The minimum absolute atomic E-state index is 0.288. The van der Waals surface area contributed by atoms with Gasteiger partial charge in [0.15, 0.2) is 31.0 Å². The van der Waals surface area contributed by atoms with Crippen LogP contribution in [-0.2, 0) is 48.0 Å². The van der Waals surface area contributed by atoms with E-state index in [0.29, 0.717) is 16.7 Å². The number of aryl methyl sites for hydroxylation is 16. The van der Waals surface area contributed by atoms with Gasteiger partial charge < -0.3 is 0 Å². The molecule has 10 aromatic rings. The molecule has 518 valence electrons. The average Bonchev–Trinajstić information content (AvgIpc) is 0.748. The zero-order valence-corrected chi connectivity index (χ0v) is 67.5. The molecule has 0 aliphatic carbocycles. The molecule has 5 heterocycles. The van der Waals surface area contributed by atoms with Crippen LogP contribution in [0, 0.1) is 86.7 Å². The third-order valence-corrected chi connectivity index (χ3v) is 23.4. The molecule has 8 heteroatoms. The minimum Gasteiger partial charge on any atom is -0.201 e. The van der Waals surface area contributed by atoms with Gasteiger partial charge in [-0.3, -0.25) is 0 Å². The summed E-state index contributed by atoms with van der Waals surface area (Å²) in [5.74, 6) is 0. The van der Waals surface area contributed by atoms with Crippen LogP contribution in [0.25, 0.3) is 56.3 Å². The van der Waals surface area contributed by atoms with Gasteiger partial charge in [0.1, 0.15) is 35.2 Å². The van der Waals surface area contributed by atoms with E-state index in [1.54, 1.807) is 48.5 Å². The zero-order chi connectivity index (χ0) is 86.9. The van der Waals surface area contributed by atoms with Crippen molar-refractivity contribution in [3.63, 3.8) is 0 Å². The van der Waals surface area contributed by atoms with Crippen LogP contribution in [0.5, 0.6) is 0 Å². The molecule has 0 fully saturated rings. The summed E-state index contributed by atoms with van der Waals surface area (Å²) >= 11 is 0. The lowest BCUT2D eigenvalue weighted by molar-refractivity contribution is -0.661. The molecule has 0 N–H and O–H groups in total. The number of hydrogen-bond acceptors (Lipinski definition) is 0. The predicted molar refractivity (Wildman–Crippen MR) is 433 cm³/mol. The summed E-state index contributed by atoms with van der Waals surface area (Å²) in [6, 6.07) is 46.8. The monoisotopic (exact) mass is 1380 g/mol. The molecule has 5 aromatic heterocycles. The Morgan fingerprint density at radius 1 is 0.316 bits per heavy atom. The Balaban J connectivity index is 0.000000223. The topological polar surface area (TPSA) is 19.4 Å². The number of nitrogens with zero attached hydrogens (tertiary/aromatic N) is 5. The summed E-state index contributed by atoms with van der Waals surface area (Å²) in [6.45, 7) is 37.7. The molecule has 0 spiro atoms. The lowest BCUT2D eigenvalue weighted by Crippen LogP contribution is -2.47. The van der Waals surface area contributed by atoms with Crippen molar-refractivity contribution in [3.8, 4) is 56.3 Å². The second-order valence-corrected chi connectivity index (χ2v) is 47.0. The smallest absolute Gasteiger partial charge is 0.201 e. The lowest BCUT2D eigenvalue weighted by Gasteiger charge is -2.25. The van der Waals surface area contributed by atoms with Gasteiger partial charge >= 0.3 is 0 Å². The maximum absolute atomic E-state index is 8.90. The van der Waals surface area contributed by atoms with Crippen LogP contribution in [-0.4, -0.2) is 24.2 Å². The Morgan fingerprint density at radius 2 is 0.704 bits per heavy atom. The summed E-state index contributed by atoms with van der Waals surface area (Å²) in [7, 11) is 5.13. The Bertz CT molecular complexity index is 5040. The maximum atomic E-state index is 8.90. The normalized spacial score (nSPS) is 14.9. The molecule has 10 rings (SSSR count). The summed E-state index contributed by atoms with van der Waals surface area (Å²) in [5.41, 5.74) is 20.1. The van der Waals surface area contributed by atoms with Gasteiger partial charge in [0.05, 0.1) is 24.2 Å². The molecular weight excluding hydrogens is 1240 g/mol. The van der Waals surface area contributed by atoms with Crippen molar-refractivity contribution >= 4 is 39.8 Å². The molecule has 0 saturated carbocycles. The van der Waals surface area contributed by atoms with Gasteiger partial charge in [-0.1, -0.05) is 196 Å². The van der Waals surface area contributed by atoms with Gasteiger partial charge in [-0.25, -0.2) is 22.8 Å². The molecule has 0 radical (unpaired) electrons. The van der Waals surface area contributed by atoms with Crippen molar-refractivity contribution < 1.29 is 44.8 Å². The SMILES string of the molecule is [2H]C([2H])([2H])c1ccc(-c2cc(C([2H])([2H])[2H])c([Si](C)(C)C)c[n+]2C)c(C)c1.[2H]C([2H])([2H])c1ccc(-c2cc(C)cc[n+]2C)c(C)c1.[2H]C([2H])([2H])c1ccc(-c2ccc([Si](C)(C)C)c[n+]2C)c(C)c1.[2H]C([2H])(c1c[n+](C)c(-c2ccccc2C)cc1C)C(C)(C)C.[2H]C([2H])(c1cc(-c2ccccc2C)[n+](C)cc1[Si](C)(C)C)C(C)(C)C. The van der Waals surface area contributed by atoms with Crippen LogP contribution >= 0.6 is 0 Å². The third kappa shape index (κ3) is 22.0. The lowest BCUT2D eigenvalue weighted by atomic mass is 9.87. The average molecular weight is 1380 g/mol. The first kappa shape index (κ1) is 58.3. The van der Waals surface area contributed by atoms with Crippen molar-refractivity contribution in [2.45, 2.75) is 189 Å². The van der Waals surface area contributed by atoms with Crippen molar-refractivity contribution in [1.29, 1.82) is 0 Å². The fourth-order valence-corrected chi connectivity index (χ4v) is 16.1. The molecule has 5 aromatic carbocycles. The molecule has 0 aliphatic rings. The summed E-state index contributed by atoms with van der Waals surface area (Å²) in [5, 5.41) is 3.53. The van der Waals surface area contributed by atoms with E-state index in [-0.39, 0.29) is 5.56 Å². The quantitative estimate of drug-likeness (QED) is 0.0960. The Morgan fingerprint density at radius 3 is 1.11 bits per heavy atom. The van der Waals surface area contributed by atoms with Gasteiger partial charge in [-0.15, -0.1) is 0 Å². The predicted octanol–water partition coefficient (Wildman–Crippen LogP) is 19.1. The van der Waals surface area contributed by atoms with Gasteiger partial charge in [0, 0.05) is 107 Å². The van der Waals surface area contributed by atoms with Crippen LogP contribution < -0.4 is 38.4 Å². The molecule has 0 aliphatic heterocycles. The molecule has 0 bridgehead atoms. The second-order valence-electron chi connectivity index (χ2n) is 31.9. The largest absolute Gasteiger partial charge is 0.212 e. The van der Waals surface area contributed by atoms with Crippen LogP contribution in [0.1, 0.15) is 136 Å². The van der Waals surface area contributed by atoms with Crippen LogP contribution in [0.2, 0.25) is 58.9 Å². The highest BCUT2D eigenvalue weighted by atomic mass is 28.3.